The number of halogens is 1. The van der Waals surface area contributed by atoms with Gasteiger partial charge >= 0.3 is 0 Å². The number of fused-ring (bicyclic) bond motifs is 1. The van der Waals surface area contributed by atoms with Crippen LogP contribution in [0.1, 0.15) is 52.0 Å². The van der Waals surface area contributed by atoms with Crippen LogP contribution in [0.5, 0.6) is 0 Å². The highest BCUT2D eigenvalue weighted by Gasteiger charge is 2.37. The first kappa shape index (κ1) is 23.0. The Kier molecular flexibility index (Phi) is 6.66. The predicted molar refractivity (Wildman–Crippen MR) is 128 cm³/mol. The quantitative estimate of drug-likeness (QED) is 0.636. The first-order chi connectivity index (χ1) is 16.5. The Bertz CT molecular complexity index is 1080. The molecule has 1 saturated heterocycles. The van der Waals surface area contributed by atoms with Gasteiger partial charge in [-0.2, -0.15) is 0 Å². The number of amides is 2. The second-order valence-corrected chi connectivity index (χ2v) is 9.59. The van der Waals surface area contributed by atoms with Crippen LogP contribution in [0, 0.1) is 5.82 Å². The molecule has 6 nitrogen and oxygen atoms in total. The fourth-order valence-corrected chi connectivity index (χ4v) is 5.39. The molecular weight excluding hydrogens is 433 g/mol. The number of likely N-dealkylation sites (tertiary alicyclic amines) is 1. The first-order valence-corrected chi connectivity index (χ1v) is 12.3. The van der Waals surface area contributed by atoms with Gasteiger partial charge in [-0.05, 0) is 55.0 Å². The molecule has 34 heavy (non-hydrogen) atoms. The highest BCUT2D eigenvalue weighted by atomic mass is 19.1. The predicted octanol–water partition coefficient (Wildman–Crippen LogP) is 3.49. The van der Waals surface area contributed by atoms with Gasteiger partial charge in [-0.1, -0.05) is 24.6 Å². The molecule has 0 spiro atoms. The van der Waals surface area contributed by atoms with Gasteiger partial charge in [0, 0.05) is 62.1 Å². The van der Waals surface area contributed by atoms with E-state index in [-0.39, 0.29) is 17.4 Å². The lowest BCUT2D eigenvalue weighted by atomic mass is 9.91. The van der Waals surface area contributed by atoms with Crippen LogP contribution >= 0.6 is 0 Å². The molecule has 7 heteroatoms. The molecule has 2 aromatic carbocycles. The number of carbonyl (C=O) groups excluding carboxylic acids is 2. The second-order valence-electron chi connectivity index (χ2n) is 9.59. The summed E-state index contributed by atoms with van der Waals surface area (Å²) in [5, 5.41) is 2.70. The van der Waals surface area contributed by atoms with E-state index in [2.05, 4.69) is 15.1 Å². The van der Waals surface area contributed by atoms with Gasteiger partial charge in [0.15, 0.2) is 0 Å². The van der Waals surface area contributed by atoms with Gasteiger partial charge < -0.3 is 15.0 Å². The van der Waals surface area contributed by atoms with Gasteiger partial charge in [-0.25, -0.2) is 4.39 Å². The summed E-state index contributed by atoms with van der Waals surface area (Å²) in [5.74, 6) is -0.691. The van der Waals surface area contributed by atoms with E-state index in [1.54, 1.807) is 19.2 Å². The third kappa shape index (κ3) is 4.46. The van der Waals surface area contributed by atoms with Crippen molar-refractivity contribution in [2.24, 2.45) is 0 Å². The molecule has 3 aliphatic rings. The van der Waals surface area contributed by atoms with Crippen LogP contribution in [0.2, 0.25) is 0 Å². The Balaban J connectivity index is 1.29. The normalized spacial score (nSPS) is 20.8. The minimum absolute atomic E-state index is 0.0943. The third-order valence-electron chi connectivity index (χ3n) is 7.58. The number of methoxy groups -OCH3 is 1. The van der Waals surface area contributed by atoms with Gasteiger partial charge in [-0.3, -0.25) is 14.5 Å². The average molecular weight is 466 g/mol. The van der Waals surface area contributed by atoms with Gasteiger partial charge in [0.05, 0.1) is 6.61 Å². The van der Waals surface area contributed by atoms with E-state index in [1.165, 1.54) is 25.3 Å². The molecule has 2 heterocycles. The topological polar surface area (TPSA) is 61.9 Å². The number of rotatable bonds is 7. The van der Waals surface area contributed by atoms with Crippen molar-refractivity contribution in [3.05, 3.63) is 58.9 Å². The summed E-state index contributed by atoms with van der Waals surface area (Å²) in [6.07, 6.45) is 5.74. The Morgan fingerprint density at radius 1 is 1.09 bits per heavy atom. The monoisotopic (exact) mass is 465 g/mol. The van der Waals surface area contributed by atoms with Gasteiger partial charge in [0.2, 0.25) is 0 Å². The molecule has 1 atom stereocenters. The van der Waals surface area contributed by atoms with Crippen LogP contribution in [0.15, 0.2) is 36.4 Å². The molecule has 1 aliphatic carbocycles. The molecule has 2 amide bonds. The molecule has 0 bridgehead atoms. The number of hydrogen-bond donors (Lipinski definition) is 1. The molecule has 2 aromatic rings. The van der Waals surface area contributed by atoms with Crippen molar-refractivity contribution in [1.82, 2.24) is 15.1 Å². The van der Waals surface area contributed by atoms with E-state index in [4.69, 9.17) is 4.74 Å². The van der Waals surface area contributed by atoms with Crippen molar-refractivity contribution in [1.29, 1.82) is 0 Å². The number of ether oxygens (including phenoxy) is 1. The fourth-order valence-electron chi connectivity index (χ4n) is 5.39. The SMILES string of the molecule is COCCNC(=O)c1ccc(-c2ccc3c(c2)CCN([C@H]2CCN(C4CCC4)C2)C3=O)c(F)c1. The minimum Gasteiger partial charge on any atom is -0.383 e. The summed E-state index contributed by atoms with van der Waals surface area (Å²) in [5.41, 5.74) is 3.12. The number of nitrogens with one attached hydrogen (secondary N) is 1. The molecule has 0 aromatic heterocycles. The van der Waals surface area contributed by atoms with E-state index in [1.807, 2.05) is 18.2 Å². The molecule has 2 aliphatic heterocycles. The van der Waals surface area contributed by atoms with Crippen molar-refractivity contribution in [2.75, 3.05) is 39.9 Å². The molecule has 5 rings (SSSR count). The fraction of sp³-hybridized carbons (Fsp3) is 0.481. The second kappa shape index (κ2) is 9.84. The maximum Gasteiger partial charge on any atom is 0.254 e. The summed E-state index contributed by atoms with van der Waals surface area (Å²) >= 11 is 0. The van der Waals surface area contributed by atoms with Crippen LogP contribution in [0.25, 0.3) is 11.1 Å². The summed E-state index contributed by atoms with van der Waals surface area (Å²) in [4.78, 5) is 30.1. The van der Waals surface area contributed by atoms with E-state index >= 15 is 0 Å². The summed E-state index contributed by atoms with van der Waals surface area (Å²) in [7, 11) is 1.56. The maximum absolute atomic E-state index is 14.9. The average Bonchev–Trinajstić information content (AvgIpc) is 3.27. The van der Waals surface area contributed by atoms with Crippen LogP contribution < -0.4 is 5.32 Å². The standard InChI is InChI=1S/C27H32FN3O3/c1-34-14-11-29-26(32)20-6-7-23(25(28)16-20)18-5-8-24-19(15-18)9-13-31(27(24)33)22-10-12-30(17-22)21-3-2-4-21/h5-8,15-16,21-22H,2-4,9-14,17H2,1H3,(H,29,32)/t22-/m0/s1. The largest absolute Gasteiger partial charge is 0.383 e. The summed E-state index contributed by atoms with van der Waals surface area (Å²) in [6.45, 7) is 3.55. The molecule has 0 unspecified atom stereocenters. The molecule has 2 fully saturated rings. The van der Waals surface area contributed by atoms with E-state index in [9.17, 15) is 14.0 Å². The van der Waals surface area contributed by atoms with Gasteiger partial charge in [-0.15, -0.1) is 0 Å². The lowest BCUT2D eigenvalue weighted by Crippen LogP contribution is -2.47. The third-order valence-corrected chi connectivity index (χ3v) is 7.58. The first-order valence-electron chi connectivity index (χ1n) is 12.3. The minimum atomic E-state index is -0.454. The van der Waals surface area contributed by atoms with Crippen molar-refractivity contribution < 1.29 is 18.7 Å². The van der Waals surface area contributed by atoms with E-state index < -0.39 is 5.82 Å². The van der Waals surface area contributed by atoms with E-state index in [0.29, 0.717) is 31.3 Å². The number of nitrogens with zero attached hydrogens (tertiary/aromatic N) is 2. The smallest absolute Gasteiger partial charge is 0.254 e. The zero-order valence-electron chi connectivity index (χ0n) is 19.7. The van der Waals surface area contributed by atoms with Crippen LogP contribution in [-0.2, 0) is 11.2 Å². The summed E-state index contributed by atoms with van der Waals surface area (Å²) in [6, 6.07) is 11.1. The molecule has 1 saturated carbocycles. The molecule has 1 N–H and O–H groups in total. The van der Waals surface area contributed by atoms with Gasteiger partial charge in [0.1, 0.15) is 5.82 Å². The van der Waals surface area contributed by atoms with E-state index in [0.717, 1.165) is 48.7 Å². The lowest BCUT2D eigenvalue weighted by molar-refractivity contribution is 0.0646. The highest BCUT2D eigenvalue weighted by molar-refractivity contribution is 5.98. The van der Waals surface area contributed by atoms with Crippen molar-refractivity contribution >= 4 is 11.8 Å². The highest BCUT2D eigenvalue weighted by Crippen LogP contribution is 2.33. The zero-order chi connectivity index (χ0) is 23.7. The van der Waals surface area contributed by atoms with Crippen LogP contribution in [0.3, 0.4) is 0 Å². The number of benzene rings is 2. The zero-order valence-corrected chi connectivity index (χ0v) is 19.7. The Labute approximate surface area is 200 Å². The van der Waals surface area contributed by atoms with Crippen LogP contribution in [0.4, 0.5) is 4.39 Å². The van der Waals surface area contributed by atoms with Crippen molar-refractivity contribution in [3.63, 3.8) is 0 Å². The Hall–Kier alpha value is -2.77. The van der Waals surface area contributed by atoms with Crippen LogP contribution in [-0.4, -0.2) is 73.6 Å². The molecule has 0 radical (unpaired) electrons. The maximum atomic E-state index is 14.9. The lowest BCUT2D eigenvalue weighted by Gasteiger charge is -2.37. The number of carbonyl (C=O) groups is 2. The summed E-state index contributed by atoms with van der Waals surface area (Å²) < 4.78 is 19.8. The van der Waals surface area contributed by atoms with Crippen molar-refractivity contribution in [2.45, 2.75) is 44.2 Å². The van der Waals surface area contributed by atoms with Gasteiger partial charge in [0.25, 0.3) is 11.8 Å². The molecule has 180 valence electrons. The number of hydrogen-bond acceptors (Lipinski definition) is 4. The molecular formula is C27H32FN3O3. The Morgan fingerprint density at radius 2 is 1.91 bits per heavy atom. The van der Waals surface area contributed by atoms with Crippen molar-refractivity contribution in [3.8, 4) is 11.1 Å². The Morgan fingerprint density at radius 3 is 2.65 bits per heavy atom.